The van der Waals surface area contributed by atoms with Crippen molar-refractivity contribution in [2.24, 2.45) is 0 Å². The van der Waals surface area contributed by atoms with E-state index in [1.165, 1.54) is 10.6 Å². The standard InChI is InChI=1S/C13H17N5O3S/c1-9-14-7-11(8-15-9)13-17-16-12(21-13)10-3-5-18(6-4-10)22(2,19)20/h7-8,10H,3-6H2,1-2H3. The molecule has 0 aromatic carbocycles. The van der Waals surface area contributed by atoms with Crippen molar-refractivity contribution in [1.82, 2.24) is 24.5 Å². The molecule has 0 radical (unpaired) electrons. The molecule has 118 valence electrons. The van der Waals surface area contributed by atoms with Crippen LogP contribution in [0.5, 0.6) is 0 Å². The molecular formula is C13H17N5O3S. The van der Waals surface area contributed by atoms with Gasteiger partial charge in [0.05, 0.1) is 11.8 Å². The van der Waals surface area contributed by atoms with Crippen molar-refractivity contribution in [3.8, 4) is 11.5 Å². The van der Waals surface area contributed by atoms with Crippen LogP contribution in [0.25, 0.3) is 11.5 Å². The highest BCUT2D eigenvalue weighted by Gasteiger charge is 2.29. The number of hydrogen-bond acceptors (Lipinski definition) is 7. The molecule has 1 aliphatic rings. The maximum Gasteiger partial charge on any atom is 0.250 e. The van der Waals surface area contributed by atoms with E-state index in [1.54, 1.807) is 19.3 Å². The van der Waals surface area contributed by atoms with E-state index in [9.17, 15) is 8.42 Å². The number of nitrogens with zero attached hydrogens (tertiary/aromatic N) is 5. The third-order valence-electron chi connectivity index (χ3n) is 3.74. The SMILES string of the molecule is Cc1ncc(-c2nnc(C3CCN(S(C)(=O)=O)CC3)o2)cn1. The Bertz CT molecular complexity index is 748. The highest BCUT2D eigenvalue weighted by atomic mass is 32.2. The lowest BCUT2D eigenvalue weighted by molar-refractivity contribution is 0.293. The Morgan fingerprint density at radius 2 is 1.82 bits per heavy atom. The van der Waals surface area contributed by atoms with Crippen LogP contribution in [0, 0.1) is 6.92 Å². The van der Waals surface area contributed by atoms with Crippen molar-refractivity contribution in [2.45, 2.75) is 25.7 Å². The van der Waals surface area contributed by atoms with Crippen LogP contribution in [-0.2, 0) is 10.0 Å². The van der Waals surface area contributed by atoms with Crippen LogP contribution in [0.1, 0.15) is 30.5 Å². The average molecular weight is 323 g/mol. The van der Waals surface area contributed by atoms with E-state index >= 15 is 0 Å². The van der Waals surface area contributed by atoms with Gasteiger partial charge in [-0.3, -0.25) is 0 Å². The van der Waals surface area contributed by atoms with Gasteiger partial charge in [0.15, 0.2) is 0 Å². The summed E-state index contributed by atoms with van der Waals surface area (Å²) in [4.78, 5) is 8.20. The second kappa shape index (κ2) is 5.73. The van der Waals surface area contributed by atoms with Gasteiger partial charge in [-0.15, -0.1) is 10.2 Å². The van der Waals surface area contributed by atoms with Gasteiger partial charge in [0.1, 0.15) is 5.82 Å². The third kappa shape index (κ3) is 3.14. The van der Waals surface area contributed by atoms with Crippen molar-refractivity contribution >= 4 is 10.0 Å². The van der Waals surface area contributed by atoms with Gasteiger partial charge in [0.2, 0.25) is 15.9 Å². The molecule has 1 saturated heterocycles. The molecule has 22 heavy (non-hydrogen) atoms. The highest BCUT2D eigenvalue weighted by molar-refractivity contribution is 7.88. The predicted molar refractivity (Wildman–Crippen MR) is 78.5 cm³/mol. The topological polar surface area (TPSA) is 102 Å². The first-order valence-electron chi connectivity index (χ1n) is 7.01. The molecule has 0 aliphatic carbocycles. The summed E-state index contributed by atoms with van der Waals surface area (Å²) in [5.74, 6) is 1.70. The lowest BCUT2D eigenvalue weighted by Gasteiger charge is -2.28. The van der Waals surface area contributed by atoms with Crippen LogP contribution in [0.2, 0.25) is 0 Å². The quantitative estimate of drug-likeness (QED) is 0.829. The predicted octanol–water partition coefficient (Wildman–Crippen LogP) is 0.974. The molecule has 0 spiro atoms. The smallest absolute Gasteiger partial charge is 0.250 e. The van der Waals surface area contributed by atoms with Gasteiger partial charge in [0, 0.05) is 31.4 Å². The summed E-state index contributed by atoms with van der Waals surface area (Å²) < 4.78 is 30.2. The van der Waals surface area contributed by atoms with E-state index in [1.807, 2.05) is 0 Å². The first kappa shape index (κ1) is 15.0. The summed E-state index contributed by atoms with van der Waals surface area (Å²) >= 11 is 0. The Morgan fingerprint density at radius 3 is 2.41 bits per heavy atom. The molecule has 3 rings (SSSR count). The first-order valence-corrected chi connectivity index (χ1v) is 8.86. The van der Waals surface area contributed by atoms with Gasteiger partial charge < -0.3 is 4.42 Å². The van der Waals surface area contributed by atoms with Gasteiger partial charge in [-0.2, -0.15) is 0 Å². The fourth-order valence-electron chi connectivity index (χ4n) is 2.45. The molecule has 0 N–H and O–H groups in total. The van der Waals surface area contributed by atoms with E-state index in [-0.39, 0.29) is 5.92 Å². The molecule has 0 unspecified atom stereocenters. The Kier molecular flexibility index (Phi) is 3.92. The maximum absolute atomic E-state index is 11.5. The van der Waals surface area contributed by atoms with Crippen LogP contribution in [-0.4, -0.2) is 52.2 Å². The zero-order valence-electron chi connectivity index (χ0n) is 12.4. The number of aryl methyl sites for hydroxylation is 1. The first-order chi connectivity index (χ1) is 10.4. The van der Waals surface area contributed by atoms with Crippen molar-refractivity contribution < 1.29 is 12.8 Å². The lowest BCUT2D eigenvalue weighted by atomic mass is 9.98. The maximum atomic E-state index is 11.5. The molecule has 8 nitrogen and oxygen atoms in total. The fraction of sp³-hybridized carbons (Fsp3) is 0.538. The monoisotopic (exact) mass is 323 g/mol. The Morgan fingerprint density at radius 1 is 1.18 bits per heavy atom. The minimum Gasteiger partial charge on any atom is -0.420 e. The van der Waals surface area contributed by atoms with Crippen molar-refractivity contribution in [2.75, 3.05) is 19.3 Å². The number of hydrogen-bond donors (Lipinski definition) is 0. The Balaban J connectivity index is 1.71. The zero-order valence-corrected chi connectivity index (χ0v) is 13.2. The molecule has 0 amide bonds. The number of aromatic nitrogens is 4. The summed E-state index contributed by atoms with van der Waals surface area (Å²) in [5, 5.41) is 8.12. The Hall–Kier alpha value is -1.87. The summed E-state index contributed by atoms with van der Waals surface area (Å²) in [6, 6.07) is 0. The number of rotatable bonds is 3. The fourth-order valence-corrected chi connectivity index (χ4v) is 3.33. The highest BCUT2D eigenvalue weighted by Crippen LogP contribution is 2.29. The number of sulfonamides is 1. The van der Waals surface area contributed by atoms with Crippen molar-refractivity contribution in [1.29, 1.82) is 0 Å². The molecule has 2 aromatic heterocycles. The van der Waals surface area contributed by atoms with Crippen LogP contribution < -0.4 is 0 Å². The Labute approximate surface area is 128 Å². The molecule has 2 aromatic rings. The second-order valence-electron chi connectivity index (χ2n) is 5.40. The van der Waals surface area contributed by atoms with Crippen LogP contribution in [0.3, 0.4) is 0 Å². The summed E-state index contributed by atoms with van der Waals surface area (Å²) in [7, 11) is -3.12. The summed E-state index contributed by atoms with van der Waals surface area (Å²) in [6.45, 7) is 2.77. The summed E-state index contributed by atoms with van der Waals surface area (Å²) in [5.41, 5.74) is 0.679. The largest absolute Gasteiger partial charge is 0.420 e. The molecule has 0 bridgehead atoms. The van der Waals surface area contributed by atoms with E-state index in [0.717, 1.165) is 0 Å². The zero-order chi connectivity index (χ0) is 15.7. The average Bonchev–Trinajstić information content (AvgIpc) is 2.97. The minimum atomic E-state index is -3.12. The van der Waals surface area contributed by atoms with E-state index in [0.29, 0.717) is 49.1 Å². The second-order valence-corrected chi connectivity index (χ2v) is 7.38. The summed E-state index contributed by atoms with van der Waals surface area (Å²) in [6.07, 6.45) is 5.88. The molecule has 1 aliphatic heterocycles. The van der Waals surface area contributed by atoms with Crippen molar-refractivity contribution in [3.63, 3.8) is 0 Å². The lowest BCUT2D eigenvalue weighted by Crippen LogP contribution is -2.37. The van der Waals surface area contributed by atoms with Crippen LogP contribution in [0.4, 0.5) is 0 Å². The van der Waals surface area contributed by atoms with E-state index in [2.05, 4.69) is 20.2 Å². The third-order valence-corrected chi connectivity index (χ3v) is 5.04. The van der Waals surface area contributed by atoms with Gasteiger partial charge in [-0.1, -0.05) is 0 Å². The minimum absolute atomic E-state index is 0.0885. The molecule has 0 atom stereocenters. The van der Waals surface area contributed by atoms with Gasteiger partial charge >= 0.3 is 0 Å². The normalized spacial score (nSPS) is 17.7. The molecule has 3 heterocycles. The van der Waals surface area contributed by atoms with Gasteiger partial charge in [-0.25, -0.2) is 22.7 Å². The molecule has 9 heteroatoms. The molecular weight excluding hydrogens is 306 g/mol. The number of piperidine rings is 1. The van der Waals surface area contributed by atoms with Crippen LogP contribution >= 0.6 is 0 Å². The molecule has 0 saturated carbocycles. The van der Waals surface area contributed by atoms with Crippen LogP contribution in [0.15, 0.2) is 16.8 Å². The van der Waals surface area contributed by atoms with Crippen molar-refractivity contribution in [3.05, 3.63) is 24.1 Å². The molecule has 1 fully saturated rings. The van der Waals surface area contributed by atoms with Gasteiger partial charge in [-0.05, 0) is 19.8 Å². The van der Waals surface area contributed by atoms with Gasteiger partial charge in [0.25, 0.3) is 5.89 Å². The van der Waals surface area contributed by atoms with E-state index < -0.39 is 10.0 Å². The van der Waals surface area contributed by atoms with E-state index in [4.69, 9.17) is 4.42 Å².